The summed E-state index contributed by atoms with van der Waals surface area (Å²) in [5.74, 6) is 3.34. The molecule has 0 aliphatic carbocycles. The third kappa shape index (κ3) is 4.81. The Hall–Kier alpha value is -3.51. The quantitative estimate of drug-likeness (QED) is 0.353. The van der Waals surface area contributed by atoms with Crippen molar-refractivity contribution >= 4 is 44.0 Å². The molecule has 166 valence electrons. The van der Waals surface area contributed by atoms with Gasteiger partial charge in [-0.05, 0) is 55.3 Å². The maximum absolute atomic E-state index is 9.53. The van der Waals surface area contributed by atoms with Gasteiger partial charge in [-0.1, -0.05) is 35.5 Å². The van der Waals surface area contributed by atoms with E-state index in [0.717, 1.165) is 52.7 Å². The lowest BCUT2D eigenvalue weighted by atomic mass is 10.1. The molecular weight excluding hydrogens is 432 g/mol. The van der Waals surface area contributed by atoms with Crippen LogP contribution in [0.15, 0.2) is 54.9 Å². The zero-order valence-electron chi connectivity index (χ0n) is 18.0. The van der Waals surface area contributed by atoms with Crippen molar-refractivity contribution in [3.63, 3.8) is 0 Å². The Bertz CT molecular complexity index is 1300. The molecule has 0 amide bonds. The number of fused-ring (bicyclic) bond motifs is 1. The lowest BCUT2D eigenvalue weighted by Gasteiger charge is -2.22. The maximum atomic E-state index is 9.53. The topological polar surface area (TPSA) is 86.2 Å². The van der Waals surface area contributed by atoms with Crippen molar-refractivity contribution < 1.29 is 5.11 Å². The Balaban J connectivity index is 1.30. The molecule has 0 spiro atoms. The average Bonchev–Trinajstić information content (AvgIpc) is 3.47. The second kappa shape index (κ2) is 9.55. The Morgan fingerprint density at radius 1 is 1.12 bits per heavy atom. The van der Waals surface area contributed by atoms with Gasteiger partial charge in [0.2, 0.25) is 0 Å². The van der Waals surface area contributed by atoms with E-state index in [1.54, 1.807) is 0 Å². The summed E-state index contributed by atoms with van der Waals surface area (Å²) >= 11 is 1.50. The molecule has 0 unspecified atom stereocenters. The van der Waals surface area contributed by atoms with Crippen LogP contribution in [0, 0.1) is 12.3 Å². The molecule has 0 radical (unpaired) electrons. The van der Waals surface area contributed by atoms with Gasteiger partial charge in [0.05, 0.1) is 6.61 Å². The van der Waals surface area contributed by atoms with Crippen LogP contribution in [0.3, 0.4) is 0 Å². The summed E-state index contributed by atoms with van der Waals surface area (Å²) < 4.78 is 0.867. The van der Waals surface area contributed by atoms with Gasteiger partial charge in [0.25, 0.3) is 0 Å². The summed E-state index contributed by atoms with van der Waals surface area (Å²) in [4.78, 5) is 15.7. The van der Waals surface area contributed by atoms with E-state index in [-0.39, 0.29) is 12.6 Å². The van der Waals surface area contributed by atoms with Crippen molar-refractivity contribution in [1.29, 1.82) is 0 Å². The smallest absolute Gasteiger partial charge is 0.189 e. The number of terminal acetylenes is 1. The van der Waals surface area contributed by atoms with Gasteiger partial charge in [-0.2, -0.15) is 4.98 Å². The second-order valence-corrected chi connectivity index (χ2v) is 9.01. The van der Waals surface area contributed by atoms with Crippen LogP contribution in [0.2, 0.25) is 0 Å². The third-order valence-electron chi connectivity index (χ3n) is 5.78. The summed E-state index contributed by atoms with van der Waals surface area (Å²) in [5, 5.41) is 17.0. The number of hydrogen-bond donors (Lipinski definition) is 3. The van der Waals surface area contributed by atoms with Crippen molar-refractivity contribution in [1.82, 2.24) is 19.9 Å². The highest BCUT2D eigenvalue weighted by molar-refractivity contribution is 7.22. The van der Waals surface area contributed by atoms with Gasteiger partial charge in [-0.25, -0.2) is 9.97 Å². The summed E-state index contributed by atoms with van der Waals surface area (Å²) in [6.07, 6.45) is 9.24. The third-order valence-corrected chi connectivity index (χ3v) is 6.75. The molecule has 1 aliphatic heterocycles. The molecule has 2 aromatic carbocycles. The Morgan fingerprint density at radius 2 is 2.00 bits per heavy atom. The molecule has 0 bridgehead atoms. The van der Waals surface area contributed by atoms with Crippen LogP contribution in [-0.2, 0) is 6.54 Å². The summed E-state index contributed by atoms with van der Waals surface area (Å²) in [5.41, 5.74) is 4.50. The molecule has 4 aromatic rings. The van der Waals surface area contributed by atoms with Gasteiger partial charge < -0.3 is 15.7 Å². The minimum atomic E-state index is 0.228. The minimum Gasteiger partial charge on any atom is -0.395 e. The van der Waals surface area contributed by atoms with E-state index >= 15 is 0 Å². The standard InChI is InChI=1S/C25H24N6OS/c1-2-17-5-3-6-20(13-17)28-23-22-24(27-16-26-23)30-25(33-22)29-19-10-8-18(9-11-19)14-31-12-4-7-21(31)15-32/h1,3,5-6,8-11,13,16,21,32H,4,7,12,14-15H2,(H2,26,27,28,29,30)/t21-/m1/s1. The molecule has 5 rings (SSSR count). The predicted octanol–water partition coefficient (Wildman–Crippen LogP) is 4.51. The molecule has 1 atom stereocenters. The first-order valence-electron chi connectivity index (χ1n) is 10.9. The zero-order chi connectivity index (χ0) is 22.6. The van der Waals surface area contributed by atoms with Crippen molar-refractivity contribution in [3.05, 3.63) is 66.0 Å². The average molecular weight is 457 g/mol. The van der Waals surface area contributed by atoms with E-state index in [1.807, 2.05) is 24.3 Å². The highest BCUT2D eigenvalue weighted by Crippen LogP contribution is 2.33. The number of anilines is 4. The number of nitrogens with zero attached hydrogens (tertiary/aromatic N) is 4. The minimum absolute atomic E-state index is 0.228. The van der Waals surface area contributed by atoms with Crippen LogP contribution < -0.4 is 10.6 Å². The number of aliphatic hydroxyl groups excluding tert-OH is 1. The first-order valence-corrected chi connectivity index (χ1v) is 11.7. The number of rotatable bonds is 7. The fraction of sp³-hybridized carbons (Fsp3) is 0.240. The van der Waals surface area contributed by atoms with E-state index in [4.69, 9.17) is 6.42 Å². The van der Waals surface area contributed by atoms with Crippen LogP contribution in [0.5, 0.6) is 0 Å². The first kappa shape index (κ1) is 21.3. The van der Waals surface area contributed by atoms with Crippen LogP contribution in [-0.4, -0.2) is 44.2 Å². The number of nitrogens with one attached hydrogen (secondary N) is 2. The normalized spacial score (nSPS) is 16.1. The second-order valence-electron chi connectivity index (χ2n) is 8.02. The highest BCUT2D eigenvalue weighted by Gasteiger charge is 2.23. The number of hydrogen-bond acceptors (Lipinski definition) is 8. The zero-order valence-corrected chi connectivity index (χ0v) is 18.8. The van der Waals surface area contributed by atoms with Gasteiger partial charge in [0, 0.05) is 29.5 Å². The van der Waals surface area contributed by atoms with Crippen LogP contribution in [0.1, 0.15) is 24.0 Å². The van der Waals surface area contributed by atoms with E-state index in [9.17, 15) is 5.11 Å². The number of benzene rings is 2. The number of thiazole rings is 1. The predicted molar refractivity (Wildman–Crippen MR) is 133 cm³/mol. The largest absolute Gasteiger partial charge is 0.395 e. The molecular formula is C25H24N6OS. The van der Waals surface area contributed by atoms with E-state index in [0.29, 0.717) is 11.5 Å². The van der Waals surface area contributed by atoms with Crippen molar-refractivity contribution in [2.75, 3.05) is 23.8 Å². The van der Waals surface area contributed by atoms with Crippen LogP contribution in [0.25, 0.3) is 10.3 Å². The molecule has 1 aliphatic rings. The lowest BCUT2D eigenvalue weighted by Crippen LogP contribution is -2.31. The van der Waals surface area contributed by atoms with E-state index in [1.165, 1.54) is 23.2 Å². The van der Waals surface area contributed by atoms with Gasteiger partial charge in [-0.3, -0.25) is 4.90 Å². The molecule has 3 heterocycles. The SMILES string of the molecule is C#Cc1cccc(Nc2ncnc3nc(Nc4ccc(CN5CCC[C@@H]5CO)cc4)sc23)c1. The van der Waals surface area contributed by atoms with Crippen LogP contribution >= 0.6 is 11.3 Å². The molecule has 3 N–H and O–H groups in total. The van der Waals surface area contributed by atoms with Gasteiger partial charge in [0.15, 0.2) is 16.6 Å². The maximum Gasteiger partial charge on any atom is 0.189 e. The molecule has 33 heavy (non-hydrogen) atoms. The lowest BCUT2D eigenvalue weighted by molar-refractivity contribution is 0.153. The fourth-order valence-electron chi connectivity index (χ4n) is 4.08. The van der Waals surface area contributed by atoms with E-state index < -0.39 is 0 Å². The highest BCUT2D eigenvalue weighted by atomic mass is 32.1. The van der Waals surface area contributed by atoms with Gasteiger partial charge >= 0.3 is 0 Å². The number of aliphatic hydroxyl groups is 1. The number of aromatic nitrogens is 3. The Labute approximate surface area is 196 Å². The Kier molecular flexibility index (Phi) is 6.17. The van der Waals surface area contributed by atoms with Crippen molar-refractivity contribution in [2.24, 2.45) is 0 Å². The summed E-state index contributed by atoms with van der Waals surface area (Å²) in [6, 6.07) is 16.3. The molecule has 7 nitrogen and oxygen atoms in total. The first-order chi connectivity index (χ1) is 16.2. The van der Waals surface area contributed by atoms with E-state index in [2.05, 4.69) is 60.7 Å². The molecule has 2 aromatic heterocycles. The van der Waals surface area contributed by atoms with Crippen LogP contribution in [0.4, 0.5) is 22.3 Å². The number of likely N-dealkylation sites (tertiary alicyclic amines) is 1. The molecule has 8 heteroatoms. The summed E-state index contributed by atoms with van der Waals surface area (Å²) in [7, 11) is 0. The molecule has 1 saturated heterocycles. The monoisotopic (exact) mass is 456 g/mol. The van der Waals surface area contributed by atoms with Gasteiger partial charge in [-0.15, -0.1) is 6.42 Å². The van der Waals surface area contributed by atoms with Crippen molar-refractivity contribution in [3.8, 4) is 12.3 Å². The molecule has 0 saturated carbocycles. The fourth-order valence-corrected chi connectivity index (χ4v) is 4.97. The molecule has 1 fully saturated rings. The summed E-state index contributed by atoms with van der Waals surface area (Å²) in [6.45, 7) is 2.13. The Morgan fingerprint density at radius 3 is 2.82 bits per heavy atom. The van der Waals surface area contributed by atoms with Crippen molar-refractivity contribution in [2.45, 2.75) is 25.4 Å². The van der Waals surface area contributed by atoms with Gasteiger partial charge in [0.1, 0.15) is 11.0 Å².